The number of aryl methyl sites for hydroxylation is 1. The Bertz CT molecular complexity index is 387. The van der Waals surface area contributed by atoms with Crippen LogP contribution in [0.2, 0.25) is 0 Å². The van der Waals surface area contributed by atoms with E-state index in [9.17, 15) is 8.42 Å². The van der Waals surface area contributed by atoms with Gasteiger partial charge in [-0.25, -0.2) is 8.42 Å². The number of hydrogen-bond donors (Lipinski definition) is 2. The molecule has 1 heterocycles. The molecule has 0 atom stereocenters. The highest BCUT2D eigenvalue weighted by molar-refractivity contribution is 7.92. The molecule has 1 aromatic rings. The zero-order valence-electron chi connectivity index (χ0n) is 7.75. The second kappa shape index (κ2) is 4.65. The quantitative estimate of drug-likeness (QED) is 0.753. The van der Waals surface area contributed by atoms with Gasteiger partial charge in [0.2, 0.25) is 10.0 Å². The average molecular weight is 238 g/mol. The van der Waals surface area contributed by atoms with E-state index in [4.69, 9.17) is 11.6 Å². The van der Waals surface area contributed by atoms with Crippen LogP contribution in [0.5, 0.6) is 0 Å². The number of anilines is 1. The Balaban J connectivity index is 2.59. The molecular formula is C7H12ClN3O2S. The molecule has 0 bridgehead atoms. The third-order valence-corrected chi connectivity index (χ3v) is 3.13. The normalized spacial score (nSPS) is 11.6. The molecule has 0 aliphatic heterocycles. The number of alkyl halides is 1. The highest BCUT2D eigenvalue weighted by Crippen LogP contribution is 2.07. The van der Waals surface area contributed by atoms with Crippen molar-refractivity contribution >= 4 is 27.4 Å². The van der Waals surface area contributed by atoms with Crippen LogP contribution in [0.1, 0.15) is 12.1 Å². The Morgan fingerprint density at radius 1 is 1.64 bits per heavy atom. The molecule has 1 aromatic heterocycles. The van der Waals surface area contributed by atoms with Gasteiger partial charge in [-0.2, -0.15) is 5.10 Å². The van der Waals surface area contributed by atoms with Crippen LogP contribution in [0.4, 0.5) is 5.82 Å². The Hall–Kier alpha value is -0.750. The van der Waals surface area contributed by atoms with E-state index in [1.54, 1.807) is 13.0 Å². The van der Waals surface area contributed by atoms with E-state index < -0.39 is 10.0 Å². The number of nitrogens with zero attached hydrogens (tertiary/aromatic N) is 1. The number of halogens is 1. The molecule has 0 fully saturated rings. The maximum absolute atomic E-state index is 11.3. The van der Waals surface area contributed by atoms with Crippen molar-refractivity contribution in [2.24, 2.45) is 0 Å². The zero-order valence-corrected chi connectivity index (χ0v) is 9.32. The van der Waals surface area contributed by atoms with Crippen LogP contribution in [0.3, 0.4) is 0 Å². The van der Waals surface area contributed by atoms with E-state index in [0.29, 0.717) is 18.1 Å². The predicted molar refractivity (Wildman–Crippen MR) is 56.1 cm³/mol. The lowest BCUT2D eigenvalue weighted by Gasteiger charge is -2.02. The first-order valence-electron chi connectivity index (χ1n) is 4.12. The molecular weight excluding hydrogens is 226 g/mol. The van der Waals surface area contributed by atoms with Crippen molar-refractivity contribution < 1.29 is 8.42 Å². The molecule has 0 spiro atoms. The minimum atomic E-state index is -3.30. The smallest absolute Gasteiger partial charge is 0.233 e. The standard InChI is InChI=1S/C7H12ClN3O2S/c1-6-5-7(10-9-6)11-14(12,13)4-2-3-8/h5H,2-4H2,1H3,(H2,9,10,11). The van der Waals surface area contributed by atoms with E-state index in [2.05, 4.69) is 14.9 Å². The van der Waals surface area contributed by atoms with Crippen LogP contribution < -0.4 is 4.72 Å². The minimum absolute atomic E-state index is 0.0163. The monoisotopic (exact) mass is 237 g/mol. The van der Waals surface area contributed by atoms with Gasteiger partial charge >= 0.3 is 0 Å². The van der Waals surface area contributed by atoms with Gasteiger partial charge in [-0.05, 0) is 13.3 Å². The fraction of sp³-hybridized carbons (Fsp3) is 0.571. The molecule has 2 N–H and O–H groups in total. The van der Waals surface area contributed by atoms with E-state index >= 15 is 0 Å². The van der Waals surface area contributed by atoms with Gasteiger partial charge in [0.1, 0.15) is 0 Å². The molecule has 0 aromatic carbocycles. The summed E-state index contributed by atoms with van der Waals surface area (Å²) in [6.45, 7) is 1.80. The van der Waals surface area contributed by atoms with Crippen LogP contribution in [0, 0.1) is 6.92 Å². The molecule has 1 rings (SSSR count). The topological polar surface area (TPSA) is 74.8 Å². The summed E-state index contributed by atoms with van der Waals surface area (Å²) in [6, 6.07) is 1.62. The fourth-order valence-electron chi connectivity index (χ4n) is 0.925. The first-order valence-corrected chi connectivity index (χ1v) is 6.30. The molecule has 0 amide bonds. The number of aromatic nitrogens is 2. The van der Waals surface area contributed by atoms with Gasteiger partial charge in [0, 0.05) is 17.6 Å². The molecule has 0 aliphatic rings. The SMILES string of the molecule is Cc1cc(NS(=O)(=O)CCCCl)n[nH]1. The first kappa shape index (κ1) is 11.3. The van der Waals surface area contributed by atoms with Crippen molar-refractivity contribution in [2.45, 2.75) is 13.3 Å². The van der Waals surface area contributed by atoms with Gasteiger partial charge in [-0.1, -0.05) is 0 Å². The Morgan fingerprint density at radius 2 is 2.36 bits per heavy atom. The number of rotatable bonds is 5. The lowest BCUT2D eigenvalue weighted by atomic mass is 10.5. The Labute approximate surface area is 87.9 Å². The summed E-state index contributed by atoms with van der Waals surface area (Å²) in [7, 11) is -3.30. The summed E-state index contributed by atoms with van der Waals surface area (Å²) in [5, 5.41) is 6.41. The molecule has 0 radical (unpaired) electrons. The second-order valence-electron chi connectivity index (χ2n) is 2.90. The van der Waals surface area contributed by atoms with Gasteiger partial charge in [-0.15, -0.1) is 11.6 Å². The van der Waals surface area contributed by atoms with Gasteiger partial charge in [0.05, 0.1) is 5.75 Å². The largest absolute Gasteiger partial charge is 0.281 e. The van der Waals surface area contributed by atoms with Crippen LogP contribution in [0.25, 0.3) is 0 Å². The third kappa shape index (κ3) is 3.55. The van der Waals surface area contributed by atoms with Crippen molar-refractivity contribution in [3.05, 3.63) is 11.8 Å². The lowest BCUT2D eigenvalue weighted by molar-refractivity contribution is 0.600. The number of aromatic amines is 1. The molecule has 0 saturated carbocycles. The zero-order chi connectivity index (χ0) is 10.6. The van der Waals surface area contributed by atoms with E-state index in [1.165, 1.54) is 0 Å². The van der Waals surface area contributed by atoms with Crippen LogP contribution >= 0.6 is 11.6 Å². The van der Waals surface area contributed by atoms with E-state index in [-0.39, 0.29) is 5.75 Å². The van der Waals surface area contributed by atoms with Crippen molar-refractivity contribution in [1.29, 1.82) is 0 Å². The fourth-order valence-corrected chi connectivity index (χ4v) is 2.27. The first-order chi connectivity index (χ1) is 6.53. The molecule has 5 nitrogen and oxygen atoms in total. The van der Waals surface area contributed by atoms with Gasteiger partial charge in [-0.3, -0.25) is 9.82 Å². The predicted octanol–water partition coefficient (Wildman–Crippen LogP) is 1.09. The number of hydrogen-bond acceptors (Lipinski definition) is 3. The average Bonchev–Trinajstić information content (AvgIpc) is 2.47. The van der Waals surface area contributed by atoms with Crippen LogP contribution in [-0.2, 0) is 10.0 Å². The molecule has 7 heteroatoms. The van der Waals surface area contributed by atoms with Crippen molar-refractivity contribution in [1.82, 2.24) is 10.2 Å². The Morgan fingerprint density at radius 3 is 2.86 bits per heavy atom. The summed E-state index contributed by atoms with van der Waals surface area (Å²) in [5.74, 6) is 0.667. The number of sulfonamides is 1. The summed E-state index contributed by atoms with van der Waals surface area (Å²) >= 11 is 5.40. The minimum Gasteiger partial charge on any atom is -0.281 e. The molecule has 0 saturated heterocycles. The maximum atomic E-state index is 11.3. The van der Waals surface area contributed by atoms with E-state index in [0.717, 1.165) is 5.69 Å². The maximum Gasteiger partial charge on any atom is 0.233 e. The Kier molecular flexibility index (Phi) is 3.77. The van der Waals surface area contributed by atoms with Gasteiger partial charge in [0.25, 0.3) is 0 Å². The third-order valence-electron chi connectivity index (χ3n) is 1.51. The van der Waals surface area contributed by atoms with Crippen LogP contribution in [0.15, 0.2) is 6.07 Å². The van der Waals surface area contributed by atoms with Crippen molar-refractivity contribution in [3.8, 4) is 0 Å². The summed E-state index contributed by atoms with van der Waals surface area (Å²) in [5.41, 5.74) is 0.806. The summed E-state index contributed by atoms with van der Waals surface area (Å²) in [4.78, 5) is 0. The second-order valence-corrected chi connectivity index (χ2v) is 5.12. The molecule has 14 heavy (non-hydrogen) atoms. The highest BCUT2D eigenvalue weighted by atomic mass is 35.5. The summed E-state index contributed by atoms with van der Waals surface area (Å²) in [6.07, 6.45) is 0.431. The van der Waals surface area contributed by atoms with E-state index in [1.807, 2.05) is 0 Å². The van der Waals surface area contributed by atoms with Crippen molar-refractivity contribution in [2.75, 3.05) is 16.4 Å². The number of nitrogens with one attached hydrogen (secondary N) is 2. The lowest BCUT2D eigenvalue weighted by Crippen LogP contribution is -2.17. The van der Waals surface area contributed by atoms with Crippen molar-refractivity contribution in [3.63, 3.8) is 0 Å². The van der Waals surface area contributed by atoms with Crippen LogP contribution in [-0.4, -0.2) is 30.2 Å². The number of H-pyrrole nitrogens is 1. The molecule has 80 valence electrons. The molecule has 0 unspecified atom stereocenters. The van der Waals surface area contributed by atoms with Gasteiger partial charge in [0.15, 0.2) is 5.82 Å². The summed E-state index contributed by atoms with van der Waals surface area (Å²) < 4.78 is 25.0. The van der Waals surface area contributed by atoms with Gasteiger partial charge < -0.3 is 0 Å². The molecule has 0 aliphatic carbocycles. The highest BCUT2D eigenvalue weighted by Gasteiger charge is 2.10.